The molecule has 0 aliphatic rings. The number of hydrogen-bond donors (Lipinski definition) is 1. The van der Waals surface area contributed by atoms with Crippen molar-refractivity contribution < 1.29 is 9.53 Å². The van der Waals surface area contributed by atoms with Gasteiger partial charge in [0.1, 0.15) is 5.75 Å². The normalized spacial score (nSPS) is 10.7. The lowest BCUT2D eigenvalue weighted by molar-refractivity contribution is -0.116. The summed E-state index contributed by atoms with van der Waals surface area (Å²) in [6, 6.07) is 7.81. The second-order valence-corrected chi connectivity index (χ2v) is 6.76. The third kappa shape index (κ3) is 4.72. The third-order valence-corrected chi connectivity index (χ3v) is 4.63. The van der Waals surface area contributed by atoms with Crippen molar-refractivity contribution in [3.8, 4) is 5.75 Å². The van der Waals surface area contributed by atoms with E-state index in [1.165, 1.54) is 0 Å². The standard InChI is InChI=1S/C18H20BrN5O2/c1-13-17(19)12-23(22-13)7-6-18(25)21-15-9-20-24(11-15)10-14-4-3-5-16(8-14)26-2/h3-5,8-9,11-12H,6-7,10H2,1-2H3,(H,21,25). The molecule has 26 heavy (non-hydrogen) atoms. The van der Waals surface area contributed by atoms with Crippen LogP contribution in [-0.4, -0.2) is 32.6 Å². The van der Waals surface area contributed by atoms with E-state index in [2.05, 4.69) is 31.4 Å². The van der Waals surface area contributed by atoms with Gasteiger partial charge >= 0.3 is 0 Å². The molecular formula is C18H20BrN5O2. The maximum Gasteiger partial charge on any atom is 0.226 e. The monoisotopic (exact) mass is 417 g/mol. The van der Waals surface area contributed by atoms with Crippen LogP contribution < -0.4 is 10.1 Å². The van der Waals surface area contributed by atoms with E-state index in [1.54, 1.807) is 22.7 Å². The lowest BCUT2D eigenvalue weighted by atomic mass is 10.2. The molecule has 0 spiro atoms. The summed E-state index contributed by atoms with van der Waals surface area (Å²) in [6.07, 6.45) is 5.67. The summed E-state index contributed by atoms with van der Waals surface area (Å²) in [4.78, 5) is 12.1. The maximum atomic E-state index is 12.1. The smallest absolute Gasteiger partial charge is 0.226 e. The molecule has 7 nitrogen and oxygen atoms in total. The molecule has 0 aliphatic heterocycles. The molecule has 8 heteroatoms. The van der Waals surface area contributed by atoms with Crippen LogP contribution in [0.5, 0.6) is 5.75 Å². The van der Waals surface area contributed by atoms with Gasteiger partial charge in [-0.15, -0.1) is 0 Å². The largest absolute Gasteiger partial charge is 0.497 e. The molecule has 3 rings (SSSR count). The zero-order valence-electron chi connectivity index (χ0n) is 14.6. The summed E-state index contributed by atoms with van der Waals surface area (Å²) in [5.41, 5.74) is 2.66. The van der Waals surface area contributed by atoms with Crippen LogP contribution in [0.25, 0.3) is 0 Å². The number of amides is 1. The lowest BCUT2D eigenvalue weighted by Crippen LogP contribution is -2.14. The number of carbonyl (C=O) groups excluding carboxylic acids is 1. The zero-order valence-corrected chi connectivity index (χ0v) is 16.2. The highest BCUT2D eigenvalue weighted by Crippen LogP contribution is 2.15. The highest BCUT2D eigenvalue weighted by atomic mass is 79.9. The van der Waals surface area contributed by atoms with Crippen molar-refractivity contribution in [2.75, 3.05) is 12.4 Å². The second-order valence-electron chi connectivity index (χ2n) is 5.90. The van der Waals surface area contributed by atoms with Crippen molar-refractivity contribution in [1.29, 1.82) is 0 Å². The number of nitrogens with zero attached hydrogens (tertiary/aromatic N) is 4. The average molecular weight is 418 g/mol. The van der Waals surface area contributed by atoms with Crippen molar-refractivity contribution in [3.05, 3.63) is 58.6 Å². The lowest BCUT2D eigenvalue weighted by Gasteiger charge is -2.05. The van der Waals surface area contributed by atoms with Crippen LogP contribution in [0.3, 0.4) is 0 Å². The molecule has 0 atom stereocenters. The molecule has 0 unspecified atom stereocenters. The summed E-state index contributed by atoms with van der Waals surface area (Å²) in [5, 5.41) is 11.5. The summed E-state index contributed by atoms with van der Waals surface area (Å²) < 4.78 is 9.70. The Hall–Kier alpha value is -2.61. The first kappa shape index (κ1) is 18.2. The zero-order chi connectivity index (χ0) is 18.5. The summed E-state index contributed by atoms with van der Waals surface area (Å²) in [7, 11) is 1.64. The van der Waals surface area contributed by atoms with Crippen molar-refractivity contribution in [2.24, 2.45) is 0 Å². The van der Waals surface area contributed by atoms with Gasteiger partial charge in [0.05, 0.1) is 35.7 Å². The van der Waals surface area contributed by atoms with E-state index in [9.17, 15) is 4.79 Å². The van der Waals surface area contributed by atoms with Gasteiger partial charge in [0.2, 0.25) is 5.91 Å². The molecule has 0 aliphatic carbocycles. The summed E-state index contributed by atoms with van der Waals surface area (Å²) in [6.45, 7) is 3.04. The van der Waals surface area contributed by atoms with E-state index < -0.39 is 0 Å². The molecule has 136 valence electrons. The third-order valence-electron chi connectivity index (χ3n) is 3.85. The molecule has 1 N–H and O–H groups in total. The van der Waals surface area contributed by atoms with Crippen LogP contribution in [0.15, 0.2) is 47.3 Å². The topological polar surface area (TPSA) is 74.0 Å². The van der Waals surface area contributed by atoms with E-state index in [-0.39, 0.29) is 5.91 Å². The molecule has 1 amide bonds. The average Bonchev–Trinajstić information content (AvgIpc) is 3.19. The van der Waals surface area contributed by atoms with Gasteiger partial charge in [-0.25, -0.2) is 0 Å². The fraction of sp³-hybridized carbons (Fsp3) is 0.278. The number of aromatic nitrogens is 4. The molecule has 0 radical (unpaired) electrons. The first-order chi connectivity index (χ1) is 12.5. The highest BCUT2D eigenvalue weighted by molar-refractivity contribution is 9.10. The van der Waals surface area contributed by atoms with Crippen molar-refractivity contribution >= 4 is 27.5 Å². The molecular weight excluding hydrogens is 398 g/mol. The van der Waals surface area contributed by atoms with E-state index in [1.807, 2.05) is 43.6 Å². The molecule has 0 saturated heterocycles. The maximum absolute atomic E-state index is 12.1. The number of nitrogens with one attached hydrogen (secondary N) is 1. The van der Waals surface area contributed by atoms with Gasteiger partial charge in [-0.3, -0.25) is 14.2 Å². The number of carbonyl (C=O) groups is 1. The van der Waals surface area contributed by atoms with Crippen molar-refractivity contribution in [1.82, 2.24) is 19.6 Å². The molecule has 0 bridgehead atoms. The highest BCUT2D eigenvalue weighted by Gasteiger charge is 2.07. The molecule has 0 saturated carbocycles. The van der Waals surface area contributed by atoms with Crippen LogP contribution in [0.4, 0.5) is 5.69 Å². The predicted molar refractivity (Wildman–Crippen MR) is 102 cm³/mol. The van der Waals surface area contributed by atoms with Crippen LogP contribution in [0.2, 0.25) is 0 Å². The van der Waals surface area contributed by atoms with Gasteiger partial charge in [0.25, 0.3) is 0 Å². The number of anilines is 1. The predicted octanol–water partition coefficient (Wildman–Crippen LogP) is 3.24. The minimum absolute atomic E-state index is 0.0739. The number of rotatable bonds is 7. The van der Waals surface area contributed by atoms with E-state index in [0.717, 1.165) is 21.5 Å². The van der Waals surface area contributed by atoms with E-state index >= 15 is 0 Å². The minimum Gasteiger partial charge on any atom is -0.497 e. The van der Waals surface area contributed by atoms with Gasteiger partial charge in [-0.1, -0.05) is 12.1 Å². The quantitative estimate of drug-likeness (QED) is 0.640. The number of halogens is 1. The van der Waals surface area contributed by atoms with Crippen LogP contribution in [0, 0.1) is 6.92 Å². The number of benzene rings is 1. The summed E-state index contributed by atoms with van der Waals surface area (Å²) >= 11 is 3.41. The van der Waals surface area contributed by atoms with E-state index in [4.69, 9.17) is 4.74 Å². The second kappa shape index (κ2) is 8.18. The van der Waals surface area contributed by atoms with Gasteiger partial charge in [-0.2, -0.15) is 10.2 Å². The minimum atomic E-state index is -0.0739. The Morgan fingerprint density at radius 3 is 2.88 bits per heavy atom. The number of methoxy groups -OCH3 is 1. The first-order valence-electron chi connectivity index (χ1n) is 8.18. The van der Waals surface area contributed by atoms with Crippen LogP contribution in [0.1, 0.15) is 17.7 Å². The van der Waals surface area contributed by atoms with Crippen LogP contribution in [-0.2, 0) is 17.9 Å². The molecule has 2 heterocycles. The van der Waals surface area contributed by atoms with E-state index in [0.29, 0.717) is 25.2 Å². The molecule has 2 aromatic heterocycles. The Labute approximate surface area is 160 Å². The molecule has 0 fully saturated rings. The Morgan fingerprint density at radius 1 is 1.31 bits per heavy atom. The Bertz CT molecular complexity index is 883. The van der Waals surface area contributed by atoms with Gasteiger partial charge in [-0.05, 0) is 40.5 Å². The van der Waals surface area contributed by atoms with Crippen LogP contribution >= 0.6 is 15.9 Å². The summed E-state index contributed by atoms with van der Waals surface area (Å²) in [5.74, 6) is 0.735. The molecule has 3 aromatic rings. The van der Waals surface area contributed by atoms with Gasteiger partial charge in [0.15, 0.2) is 0 Å². The Morgan fingerprint density at radius 2 is 2.15 bits per heavy atom. The number of aryl methyl sites for hydroxylation is 2. The first-order valence-corrected chi connectivity index (χ1v) is 8.97. The SMILES string of the molecule is COc1cccc(Cn2cc(NC(=O)CCn3cc(Br)c(C)n3)cn2)c1. The number of hydrogen-bond acceptors (Lipinski definition) is 4. The fourth-order valence-electron chi connectivity index (χ4n) is 2.52. The number of ether oxygens (including phenoxy) is 1. The van der Waals surface area contributed by atoms with Crippen molar-refractivity contribution in [2.45, 2.75) is 26.4 Å². The Balaban J connectivity index is 1.53. The molecule has 1 aromatic carbocycles. The van der Waals surface area contributed by atoms with Gasteiger partial charge in [0, 0.05) is 25.4 Å². The van der Waals surface area contributed by atoms with Gasteiger partial charge < -0.3 is 10.1 Å². The fourth-order valence-corrected chi connectivity index (χ4v) is 2.84. The Kier molecular flexibility index (Phi) is 5.72. The van der Waals surface area contributed by atoms with Crippen molar-refractivity contribution in [3.63, 3.8) is 0 Å².